The molecule has 0 radical (unpaired) electrons. The monoisotopic (exact) mass is 241 g/mol. The number of carboxylic acids is 1. The van der Waals surface area contributed by atoms with Crippen LogP contribution in [0.2, 0.25) is 0 Å². The van der Waals surface area contributed by atoms with Crippen LogP contribution in [0, 0.1) is 0 Å². The van der Waals surface area contributed by atoms with E-state index < -0.39 is 12.1 Å². The van der Waals surface area contributed by atoms with Crippen LogP contribution in [0.5, 0.6) is 0 Å². The van der Waals surface area contributed by atoms with Gasteiger partial charge >= 0.3 is 39.3 Å². The first-order valence-corrected chi connectivity index (χ1v) is 6.18. The first-order chi connectivity index (χ1) is 5.22. The van der Waals surface area contributed by atoms with Crippen molar-refractivity contribution in [2.24, 2.45) is 0 Å². The van der Waals surface area contributed by atoms with Crippen molar-refractivity contribution in [2.75, 3.05) is 6.61 Å². The Hall–Kier alpha value is 0.529. The van der Waals surface area contributed by atoms with Gasteiger partial charge in [0, 0.05) is 6.61 Å². The Morgan fingerprint density at radius 2 is 2.18 bits per heavy atom. The van der Waals surface area contributed by atoms with Gasteiger partial charge in [-0.25, -0.2) is 4.79 Å². The van der Waals surface area contributed by atoms with Gasteiger partial charge in [0.25, 0.3) is 0 Å². The van der Waals surface area contributed by atoms with Crippen LogP contribution in [0.15, 0.2) is 0 Å². The molecule has 6 heteroatoms. The maximum atomic E-state index is 10.1. The predicted molar refractivity (Wildman–Crippen MR) is 38.3 cm³/mol. The first kappa shape index (κ1) is 11.5. The van der Waals surface area contributed by atoms with Gasteiger partial charge in [-0.1, -0.05) is 0 Å². The van der Waals surface area contributed by atoms with E-state index in [4.69, 9.17) is 30.0 Å². The molecule has 1 fully saturated rings. The molecule has 0 aromatic carbocycles. The van der Waals surface area contributed by atoms with Crippen LogP contribution in [-0.4, -0.2) is 23.8 Å². The molecule has 0 aliphatic carbocycles. The molecule has 67 valence electrons. The number of hydrogen-bond acceptors (Lipinski definition) is 2. The second-order valence-electron chi connectivity index (χ2n) is 1.89. The molecular formula is C5H8Cl2MnO3. The third kappa shape index (κ3) is 5.76. The Morgan fingerprint density at radius 1 is 1.64 bits per heavy atom. The Kier molecular flexibility index (Phi) is 7.54. The third-order valence-corrected chi connectivity index (χ3v) is 1.21. The summed E-state index contributed by atoms with van der Waals surface area (Å²) in [6.45, 7) is 0.608. The van der Waals surface area contributed by atoms with E-state index in [-0.39, 0.29) is 13.1 Å². The number of ether oxygens (including phenoxy) is 1. The molecule has 0 spiro atoms. The molecule has 0 bridgehead atoms. The molecule has 1 aliphatic rings. The van der Waals surface area contributed by atoms with E-state index >= 15 is 0 Å². The van der Waals surface area contributed by atoms with E-state index in [1.807, 2.05) is 0 Å². The van der Waals surface area contributed by atoms with Gasteiger partial charge in [-0.2, -0.15) is 0 Å². The van der Waals surface area contributed by atoms with Crippen LogP contribution in [0.4, 0.5) is 0 Å². The van der Waals surface area contributed by atoms with Gasteiger partial charge in [0.05, 0.1) is 0 Å². The van der Waals surface area contributed by atoms with E-state index in [1.165, 1.54) is 0 Å². The molecule has 1 N–H and O–H groups in total. The van der Waals surface area contributed by atoms with Gasteiger partial charge in [0.1, 0.15) is 0 Å². The molecule has 0 amide bonds. The number of carbonyl (C=O) groups is 1. The van der Waals surface area contributed by atoms with Crippen molar-refractivity contribution >= 4 is 26.2 Å². The fraction of sp³-hybridized carbons (Fsp3) is 0.800. The summed E-state index contributed by atoms with van der Waals surface area (Å²) >= 11 is 0.00694. The summed E-state index contributed by atoms with van der Waals surface area (Å²) in [6.07, 6.45) is 1.04. The topological polar surface area (TPSA) is 46.5 Å². The minimum absolute atomic E-state index is 0.00694. The standard InChI is InChI=1S/C5H8O3.2ClH.Mn/c6-5(7)4-2-1-3-8-4;;;/h4H,1-3H2,(H,6,7);2*1H;/q;;;+2/p-2. The molecule has 1 atom stereocenters. The van der Waals surface area contributed by atoms with Crippen molar-refractivity contribution in [1.29, 1.82) is 0 Å². The Bertz CT molecular complexity index is 116. The second-order valence-corrected chi connectivity index (χ2v) is 3.84. The van der Waals surface area contributed by atoms with E-state index in [1.54, 1.807) is 0 Å². The quantitative estimate of drug-likeness (QED) is 0.710. The molecule has 1 rings (SSSR count). The van der Waals surface area contributed by atoms with Crippen LogP contribution >= 0.6 is 20.2 Å². The number of halogens is 2. The molecule has 0 saturated carbocycles. The van der Waals surface area contributed by atoms with Gasteiger partial charge in [-0.15, -0.1) is 0 Å². The molecule has 1 aliphatic heterocycles. The SMILES string of the molecule is O=C(O)C1CCCO1.[Cl][Mn][Cl]. The summed E-state index contributed by atoms with van der Waals surface area (Å²) in [5, 5.41) is 8.29. The molecule has 0 aromatic rings. The van der Waals surface area contributed by atoms with Crippen molar-refractivity contribution in [3.63, 3.8) is 0 Å². The zero-order valence-electron chi connectivity index (χ0n) is 5.60. The Labute approximate surface area is 79.6 Å². The van der Waals surface area contributed by atoms with E-state index in [9.17, 15) is 4.79 Å². The van der Waals surface area contributed by atoms with Crippen LogP contribution in [-0.2, 0) is 22.7 Å². The number of hydrogen-bond donors (Lipinski definition) is 1. The van der Waals surface area contributed by atoms with Crippen molar-refractivity contribution in [3.8, 4) is 0 Å². The maximum absolute atomic E-state index is 10.1. The average Bonchev–Trinajstić information content (AvgIpc) is 2.38. The van der Waals surface area contributed by atoms with Crippen molar-refractivity contribution in [2.45, 2.75) is 18.9 Å². The zero-order valence-corrected chi connectivity index (χ0v) is 8.29. The van der Waals surface area contributed by atoms with E-state index in [0.29, 0.717) is 13.0 Å². The van der Waals surface area contributed by atoms with E-state index in [2.05, 4.69) is 0 Å². The second kappa shape index (κ2) is 7.19. The summed E-state index contributed by atoms with van der Waals surface area (Å²) < 4.78 is 4.81. The molecular weight excluding hydrogens is 234 g/mol. The molecule has 1 heterocycles. The van der Waals surface area contributed by atoms with Crippen LogP contribution < -0.4 is 0 Å². The van der Waals surface area contributed by atoms with Crippen LogP contribution in [0.25, 0.3) is 0 Å². The average molecular weight is 242 g/mol. The molecule has 1 unspecified atom stereocenters. The predicted octanol–water partition coefficient (Wildman–Crippen LogP) is 1.63. The normalized spacial score (nSPS) is 22.2. The van der Waals surface area contributed by atoms with Crippen molar-refractivity contribution in [3.05, 3.63) is 0 Å². The first-order valence-electron chi connectivity index (χ1n) is 2.93. The Balaban J connectivity index is 0.000000292. The van der Waals surface area contributed by atoms with Gasteiger partial charge in [-0.3, -0.25) is 0 Å². The van der Waals surface area contributed by atoms with Crippen LogP contribution in [0.3, 0.4) is 0 Å². The van der Waals surface area contributed by atoms with Crippen molar-refractivity contribution < 1.29 is 27.8 Å². The molecule has 1 saturated heterocycles. The van der Waals surface area contributed by atoms with Crippen LogP contribution in [0.1, 0.15) is 12.8 Å². The zero-order chi connectivity index (χ0) is 8.69. The summed E-state index contributed by atoms with van der Waals surface area (Å²) in [6, 6.07) is 0. The fourth-order valence-electron chi connectivity index (χ4n) is 0.772. The minimum atomic E-state index is -0.831. The molecule has 3 nitrogen and oxygen atoms in total. The molecule has 11 heavy (non-hydrogen) atoms. The Morgan fingerprint density at radius 3 is 2.36 bits per heavy atom. The number of carboxylic acid groups (broad SMARTS) is 1. The fourth-order valence-corrected chi connectivity index (χ4v) is 0.772. The van der Waals surface area contributed by atoms with Gasteiger partial charge in [-0.05, 0) is 12.8 Å². The van der Waals surface area contributed by atoms with Crippen molar-refractivity contribution in [1.82, 2.24) is 0 Å². The summed E-state index contributed by atoms with van der Waals surface area (Å²) in [5.74, 6) is -0.831. The number of aliphatic carboxylic acids is 1. The van der Waals surface area contributed by atoms with Gasteiger partial charge in [0.2, 0.25) is 0 Å². The molecule has 0 aromatic heterocycles. The number of rotatable bonds is 1. The van der Waals surface area contributed by atoms with Gasteiger partial charge < -0.3 is 9.84 Å². The van der Waals surface area contributed by atoms with E-state index in [0.717, 1.165) is 6.42 Å². The summed E-state index contributed by atoms with van der Waals surface area (Å²) in [5.41, 5.74) is 0. The van der Waals surface area contributed by atoms with Gasteiger partial charge in [0.15, 0.2) is 6.10 Å². The summed E-state index contributed by atoms with van der Waals surface area (Å²) in [7, 11) is 9.59. The third-order valence-electron chi connectivity index (χ3n) is 1.21. The summed E-state index contributed by atoms with van der Waals surface area (Å²) in [4.78, 5) is 10.1.